The molecule has 1 aliphatic rings. The monoisotopic (exact) mass is 399 g/mol. The summed E-state index contributed by atoms with van der Waals surface area (Å²) in [5.41, 5.74) is 3.08. The van der Waals surface area contributed by atoms with Gasteiger partial charge in [0, 0.05) is 37.0 Å². The van der Waals surface area contributed by atoms with Crippen molar-refractivity contribution in [1.29, 1.82) is 0 Å². The average molecular weight is 399 g/mol. The van der Waals surface area contributed by atoms with Crippen LogP contribution in [-0.2, 0) is 0 Å². The summed E-state index contributed by atoms with van der Waals surface area (Å²) in [6.45, 7) is 3.87. The van der Waals surface area contributed by atoms with Gasteiger partial charge in [-0.15, -0.1) is 0 Å². The van der Waals surface area contributed by atoms with Gasteiger partial charge in [-0.1, -0.05) is 48.5 Å². The molecule has 0 radical (unpaired) electrons. The van der Waals surface area contributed by atoms with E-state index in [0.29, 0.717) is 6.54 Å². The van der Waals surface area contributed by atoms with Gasteiger partial charge in [-0.2, -0.15) is 0 Å². The highest BCUT2D eigenvalue weighted by atomic mass is 16.5. The topological polar surface area (TPSA) is 37.7 Å². The van der Waals surface area contributed by atoms with E-state index in [-0.39, 0.29) is 5.91 Å². The molecule has 152 valence electrons. The summed E-state index contributed by atoms with van der Waals surface area (Å²) >= 11 is 0. The number of fused-ring (bicyclic) bond motifs is 3. The minimum absolute atomic E-state index is 0.123. The van der Waals surface area contributed by atoms with Gasteiger partial charge in [-0.05, 0) is 24.3 Å². The van der Waals surface area contributed by atoms with E-state index in [0.717, 1.165) is 59.4 Å². The van der Waals surface area contributed by atoms with Crippen LogP contribution in [0.5, 0.6) is 5.75 Å². The smallest absolute Gasteiger partial charge is 0.245 e. The van der Waals surface area contributed by atoms with Gasteiger partial charge in [0.15, 0.2) is 0 Å². The van der Waals surface area contributed by atoms with Crippen molar-refractivity contribution in [3.05, 3.63) is 72.8 Å². The summed E-state index contributed by atoms with van der Waals surface area (Å²) in [7, 11) is 1.71. The van der Waals surface area contributed by atoms with Gasteiger partial charge in [-0.3, -0.25) is 14.3 Å². The molecule has 1 aromatic heterocycles. The van der Waals surface area contributed by atoms with Gasteiger partial charge < -0.3 is 9.64 Å². The highest BCUT2D eigenvalue weighted by Crippen LogP contribution is 2.30. The van der Waals surface area contributed by atoms with Crippen LogP contribution in [0.4, 0.5) is 5.69 Å². The first kappa shape index (κ1) is 18.7. The zero-order valence-corrected chi connectivity index (χ0v) is 17.1. The van der Waals surface area contributed by atoms with E-state index < -0.39 is 0 Å². The van der Waals surface area contributed by atoms with Gasteiger partial charge in [0.05, 0.1) is 30.4 Å². The molecule has 0 N–H and O–H groups in total. The van der Waals surface area contributed by atoms with Gasteiger partial charge in [-0.25, -0.2) is 0 Å². The Labute approximate surface area is 176 Å². The summed E-state index contributed by atoms with van der Waals surface area (Å²) in [6.07, 6.45) is 0. The molecular formula is C25H25N3O2. The van der Waals surface area contributed by atoms with E-state index in [2.05, 4.69) is 28.0 Å². The molecule has 1 fully saturated rings. The maximum absolute atomic E-state index is 13.3. The fourth-order valence-electron chi connectivity index (χ4n) is 4.49. The van der Waals surface area contributed by atoms with Crippen molar-refractivity contribution >= 4 is 33.4 Å². The summed E-state index contributed by atoms with van der Waals surface area (Å²) in [5.74, 6) is 1.02. The molecule has 2 heterocycles. The number of rotatable bonds is 4. The van der Waals surface area contributed by atoms with Crippen molar-refractivity contribution < 1.29 is 9.53 Å². The quantitative estimate of drug-likeness (QED) is 0.514. The third-order valence-corrected chi connectivity index (χ3v) is 5.99. The van der Waals surface area contributed by atoms with Crippen molar-refractivity contribution in [3.63, 3.8) is 0 Å². The summed E-state index contributed by atoms with van der Waals surface area (Å²) in [4.78, 5) is 17.9. The molecule has 4 aromatic rings. The van der Waals surface area contributed by atoms with Crippen LogP contribution >= 0.6 is 0 Å². The summed E-state index contributed by atoms with van der Waals surface area (Å²) in [6, 6.07) is 24.4. The molecular weight excluding hydrogens is 374 g/mol. The Hall–Kier alpha value is -3.31. The molecule has 5 heteroatoms. The lowest BCUT2D eigenvalue weighted by molar-refractivity contribution is 0.0854. The fourth-order valence-corrected chi connectivity index (χ4v) is 4.49. The van der Waals surface area contributed by atoms with E-state index in [4.69, 9.17) is 4.74 Å². The van der Waals surface area contributed by atoms with Crippen molar-refractivity contribution in [2.45, 2.75) is 0 Å². The maximum atomic E-state index is 13.3. The second kappa shape index (κ2) is 7.84. The minimum Gasteiger partial charge on any atom is -0.495 e. The van der Waals surface area contributed by atoms with Crippen molar-refractivity contribution in [2.75, 3.05) is 44.7 Å². The van der Waals surface area contributed by atoms with E-state index in [1.165, 1.54) is 0 Å². The molecule has 0 atom stereocenters. The number of hydrogen-bond donors (Lipinski definition) is 0. The first-order chi connectivity index (χ1) is 14.8. The average Bonchev–Trinajstić information content (AvgIpc) is 3.14. The van der Waals surface area contributed by atoms with Crippen molar-refractivity contribution in [1.82, 2.24) is 9.47 Å². The lowest BCUT2D eigenvalue weighted by atomic mass is 10.2. The normalized spacial score (nSPS) is 15.0. The number of benzene rings is 3. The fraction of sp³-hybridized carbons (Fsp3) is 0.240. The lowest BCUT2D eigenvalue weighted by Gasteiger charge is -2.36. The third-order valence-electron chi connectivity index (χ3n) is 5.99. The van der Waals surface area contributed by atoms with Crippen molar-refractivity contribution in [3.8, 4) is 5.75 Å². The predicted octanol–water partition coefficient (Wildman–Crippen LogP) is 4.27. The molecule has 1 aliphatic heterocycles. The Kier molecular flexibility index (Phi) is 4.89. The number of ether oxygens (including phenoxy) is 1. The number of methoxy groups -OCH3 is 1. The zero-order valence-electron chi connectivity index (χ0n) is 17.1. The Morgan fingerprint density at radius 3 is 2.00 bits per heavy atom. The number of carbonyl (C=O) groups is 1. The molecule has 1 saturated heterocycles. The number of nitrogens with zero attached hydrogens (tertiary/aromatic N) is 3. The van der Waals surface area contributed by atoms with Crippen molar-refractivity contribution in [2.24, 2.45) is 0 Å². The Morgan fingerprint density at radius 2 is 1.37 bits per heavy atom. The van der Waals surface area contributed by atoms with Crippen LogP contribution in [0.25, 0.3) is 21.8 Å². The first-order valence-corrected chi connectivity index (χ1v) is 10.4. The SMILES string of the molecule is COc1ccccc1N1CCN(CC(=O)n2c3ccccc3c3ccccc32)CC1. The number of anilines is 1. The minimum atomic E-state index is 0.123. The van der Waals surface area contributed by atoms with Gasteiger partial charge in [0.2, 0.25) is 5.91 Å². The van der Waals surface area contributed by atoms with Crippen LogP contribution in [0.1, 0.15) is 4.79 Å². The van der Waals surface area contributed by atoms with E-state index in [1.54, 1.807) is 7.11 Å². The summed E-state index contributed by atoms with van der Waals surface area (Å²) < 4.78 is 7.39. The summed E-state index contributed by atoms with van der Waals surface area (Å²) in [5, 5.41) is 2.25. The number of aromatic nitrogens is 1. The van der Waals surface area contributed by atoms with Crippen LogP contribution in [-0.4, -0.2) is 55.2 Å². The predicted molar refractivity (Wildman–Crippen MR) is 122 cm³/mol. The van der Waals surface area contributed by atoms with Crippen LogP contribution in [0.3, 0.4) is 0 Å². The van der Waals surface area contributed by atoms with E-state index in [9.17, 15) is 4.79 Å². The number of hydrogen-bond acceptors (Lipinski definition) is 4. The molecule has 5 rings (SSSR count). The number of para-hydroxylation sites is 4. The van der Waals surface area contributed by atoms with E-state index in [1.807, 2.05) is 59.2 Å². The van der Waals surface area contributed by atoms with Gasteiger partial charge in [0.1, 0.15) is 5.75 Å². The van der Waals surface area contributed by atoms with Gasteiger partial charge in [0.25, 0.3) is 0 Å². The standard InChI is InChI=1S/C25H25N3O2/c1-30-24-13-7-6-12-23(24)27-16-14-26(15-17-27)18-25(29)28-21-10-4-2-8-19(21)20-9-3-5-11-22(20)28/h2-13H,14-18H2,1H3. The molecule has 30 heavy (non-hydrogen) atoms. The highest BCUT2D eigenvalue weighted by molar-refractivity contribution is 6.13. The van der Waals surface area contributed by atoms with Crippen LogP contribution in [0.2, 0.25) is 0 Å². The highest BCUT2D eigenvalue weighted by Gasteiger charge is 2.23. The van der Waals surface area contributed by atoms with Crippen LogP contribution in [0.15, 0.2) is 72.8 Å². The second-order valence-electron chi connectivity index (χ2n) is 7.70. The third kappa shape index (κ3) is 3.21. The Balaban J connectivity index is 1.35. The van der Waals surface area contributed by atoms with E-state index >= 15 is 0 Å². The number of carbonyl (C=O) groups excluding carboxylic acids is 1. The van der Waals surface area contributed by atoms with Crippen LogP contribution < -0.4 is 9.64 Å². The molecule has 5 nitrogen and oxygen atoms in total. The maximum Gasteiger partial charge on any atom is 0.245 e. The molecule has 0 unspecified atom stereocenters. The zero-order chi connectivity index (χ0) is 20.5. The molecule has 0 saturated carbocycles. The van der Waals surface area contributed by atoms with Gasteiger partial charge >= 0.3 is 0 Å². The molecule has 0 amide bonds. The number of piperazine rings is 1. The van der Waals surface area contributed by atoms with Crippen LogP contribution in [0, 0.1) is 0 Å². The Bertz CT molecular complexity index is 1150. The second-order valence-corrected chi connectivity index (χ2v) is 7.70. The Morgan fingerprint density at radius 1 is 0.800 bits per heavy atom. The molecule has 0 spiro atoms. The molecule has 0 bridgehead atoms. The first-order valence-electron chi connectivity index (χ1n) is 10.4. The molecule has 0 aliphatic carbocycles. The largest absolute Gasteiger partial charge is 0.495 e. The lowest BCUT2D eigenvalue weighted by Crippen LogP contribution is -2.48. The molecule has 3 aromatic carbocycles.